The molecule has 0 aliphatic carbocycles. The van der Waals surface area contributed by atoms with Gasteiger partial charge in [-0.1, -0.05) is 18.2 Å². The molecule has 0 bridgehead atoms. The summed E-state index contributed by atoms with van der Waals surface area (Å²) in [6, 6.07) is 20.6. The number of hydrogen-bond donors (Lipinski definition) is 1. The number of nitrogens with one attached hydrogen (secondary N) is 1. The smallest absolute Gasteiger partial charge is 0.224 e. The maximum atomic E-state index is 12.6. The summed E-state index contributed by atoms with van der Waals surface area (Å²) in [5, 5.41) is 2.95. The van der Waals surface area contributed by atoms with E-state index in [9.17, 15) is 4.79 Å². The highest BCUT2D eigenvalue weighted by Gasteiger charge is 2.13. The predicted octanol–water partition coefficient (Wildman–Crippen LogP) is 5.22. The molecule has 0 atom stereocenters. The van der Waals surface area contributed by atoms with Gasteiger partial charge in [-0.2, -0.15) is 0 Å². The lowest BCUT2D eigenvalue weighted by Gasteiger charge is -2.18. The van der Waals surface area contributed by atoms with Crippen LogP contribution in [0.15, 0.2) is 66.7 Å². The number of rotatable bonds is 8. The van der Waals surface area contributed by atoms with Gasteiger partial charge in [-0.25, -0.2) is 0 Å². The number of hydrogen-bond acceptors (Lipinski definition) is 5. The van der Waals surface area contributed by atoms with Crippen LogP contribution in [0.3, 0.4) is 0 Å². The maximum absolute atomic E-state index is 12.6. The molecular formula is C25H25NO5. The monoisotopic (exact) mass is 419 g/mol. The minimum atomic E-state index is -0.0855. The van der Waals surface area contributed by atoms with E-state index in [1.165, 1.54) is 0 Å². The first-order valence-electron chi connectivity index (χ1n) is 10.4. The Balaban J connectivity index is 1.36. The van der Waals surface area contributed by atoms with E-state index in [2.05, 4.69) is 5.32 Å². The molecule has 0 saturated carbocycles. The molecule has 1 heterocycles. The summed E-state index contributed by atoms with van der Waals surface area (Å²) in [5.41, 5.74) is 1.65. The van der Waals surface area contributed by atoms with Crippen molar-refractivity contribution in [3.63, 3.8) is 0 Å². The first-order valence-corrected chi connectivity index (χ1v) is 10.4. The molecular weight excluding hydrogens is 394 g/mol. The van der Waals surface area contributed by atoms with Gasteiger partial charge < -0.3 is 24.3 Å². The van der Waals surface area contributed by atoms with Crippen molar-refractivity contribution in [1.29, 1.82) is 0 Å². The molecule has 3 aromatic carbocycles. The Bertz CT molecular complexity index is 1030. The third-order valence-corrected chi connectivity index (χ3v) is 4.77. The summed E-state index contributed by atoms with van der Waals surface area (Å²) >= 11 is 0. The van der Waals surface area contributed by atoms with Gasteiger partial charge in [-0.05, 0) is 67.4 Å². The SMILES string of the molecule is CCOc1ccc(Oc2ccccc2NC(=O)CCc2ccc3c(c2)OCCO3)cc1. The van der Waals surface area contributed by atoms with Gasteiger partial charge in [0.25, 0.3) is 0 Å². The van der Waals surface area contributed by atoms with E-state index < -0.39 is 0 Å². The van der Waals surface area contributed by atoms with Crippen molar-refractivity contribution in [1.82, 2.24) is 0 Å². The van der Waals surface area contributed by atoms with E-state index in [0.717, 1.165) is 22.8 Å². The van der Waals surface area contributed by atoms with E-state index in [-0.39, 0.29) is 5.91 Å². The lowest BCUT2D eigenvalue weighted by molar-refractivity contribution is -0.116. The largest absolute Gasteiger partial charge is 0.494 e. The Morgan fingerprint density at radius 2 is 1.68 bits per heavy atom. The van der Waals surface area contributed by atoms with Crippen LogP contribution in [0.25, 0.3) is 0 Å². The van der Waals surface area contributed by atoms with Gasteiger partial charge in [0.15, 0.2) is 17.2 Å². The molecule has 0 spiro atoms. The van der Waals surface area contributed by atoms with Gasteiger partial charge in [0.2, 0.25) is 5.91 Å². The number of anilines is 1. The van der Waals surface area contributed by atoms with Crippen molar-refractivity contribution in [2.75, 3.05) is 25.1 Å². The van der Waals surface area contributed by atoms with E-state index in [1.807, 2.05) is 73.7 Å². The lowest BCUT2D eigenvalue weighted by atomic mass is 10.1. The van der Waals surface area contributed by atoms with Crippen LogP contribution in [0, 0.1) is 0 Å². The second-order valence-electron chi connectivity index (χ2n) is 7.03. The normalized spacial score (nSPS) is 12.2. The second-order valence-corrected chi connectivity index (χ2v) is 7.03. The minimum Gasteiger partial charge on any atom is -0.494 e. The van der Waals surface area contributed by atoms with Crippen LogP contribution >= 0.6 is 0 Å². The number of para-hydroxylation sites is 2. The average molecular weight is 419 g/mol. The first-order chi connectivity index (χ1) is 15.2. The standard InChI is InChI=1S/C25H25NO5/c1-2-28-19-9-11-20(12-10-19)31-22-6-4-3-5-21(22)26-25(27)14-8-18-7-13-23-24(17-18)30-16-15-29-23/h3-7,9-13,17H,2,8,14-16H2,1H3,(H,26,27). The van der Waals surface area contributed by atoms with Gasteiger partial charge in [0.05, 0.1) is 12.3 Å². The van der Waals surface area contributed by atoms with Gasteiger partial charge in [-0.15, -0.1) is 0 Å². The zero-order valence-electron chi connectivity index (χ0n) is 17.4. The number of aryl methyl sites for hydroxylation is 1. The highest BCUT2D eigenvalue weighted by molar-refractivity contribution is 5.92. The summed E-state index contributed by atoms with van der Waals surface area (Å²) < 4.78 is 22.6. The Morgan fingerprint density at radius 3 is 2.48 bits per heavy atom. The molecule has 0 unspecified atom stereocenters. The van der Waals surface area contributed by atoms with E-state index in [1.54, 1.807) is 0 Å². The number of carbonyl (C=O) groups is 1. The van der Waals surface area contributed by atoms with E-state index in [4.69, 9.17) is 18.9 Å². The third kappa shape index (κ3) is 5.48. The summed E-state index contributed by atoms with van der Waals surface area (Å²) in [7, 11) is 0. The Hall–Kier alpha value is -3.67. The molecule has 0 fully saturated rings. The zero-order chi connectivity index (χ0) is 21.5. The fourth-order valence-corrected chi connectivity index (χ4v) is 3.27. The highest BCUT2D eigenvalue weighted by Crippen LogP contribution is 2.32. The van der Waals surface area contributed by atoms with Crippen LogP contribution in [-0.4, -0.2) is 25.7 Å². The molecule has 1 aliphatic rings. The van der Waals surface area contributed by atoms with E-state index >= 15 is 0 Å². The third-order valence-electron chi connectivity index (χ3n) is 4.77. The summed E-state index contributed by atoms with van der Waals surface area (Å²) in [6.45, 7) is 3.66. The van der Waals surface area contributed by atoms with Crippen molar-refractivity contribution >= 4 is 11.6 Å². The number of carbonyl (C=O) groups excluding carboxylic acids is 1. The van der Waals surface area contributed by atoms with Crippen molar-refractivity contribution in [3.05, 3.63) is 72.3 Å². The predicted molar refractivity (Wildman–Crippen MR) is 119 cm³/mol. The van der Waals surface area contributed by atoms with Crippen LogP contribution < -0.4 is 24.3 Å². The lowest BCUT2D eigenvalue weighted by Crippen LogP contribution is -2.16. The van der Waals surface area contributed by atoms with Crippen LogP contribution in [0.5, 0.6) is 28.7 Å². The fraction of sp³-hybridized carbons (Fsp3) is 0.240. The quantitative estimate of drug-likeness (QED) is 0.542. The van der Waals surface area contributed by atoms with Gasteiger partial charge >= 0.3 is 0 Å². The average Bonchev–Trinajstić information content (AvgIpc) is 2.80. The van der Waals surface area contributed by atoms with Gasteiger partial charge in [0, 0.05) is 6.42 Å². The van der Waals surface area contributed by atoms with Crippen molar-refractivity contribution in [2.45, 2.75) is 19.8 Å². The molecule has 6 nitrogen and oxygen atoms in total. The number of ether oxygens (including phenoxy) is 4. The number of fused-ring (bicyclic) bond motifs is 1. The molecule has 1 N–H and O–H groups in total. The second kappa shape index (κ2) is 9.89. The topological polar surface area (TPSA) is 66.0 Å². The molecule has 0 saturated heterocycles. The minimum absolute atomic E-state index is 0.0855. The van der Waals surface area contributed by atoms with Crippen molar-refractivity contribution in [3.8, 4) is 28.7 Å². The summed E-state index contributed by atoms with van der Waals surface area (Å²) in [4.78, 5) is 12.6. The maximum Gasteiger partial charge on any atom is 0.224 e. The zero-order valence-corrected chi connectivity index (χ0v) is 17.4. The Labute approximate surface area is 181 Å². The number of amides is 1. The molecule has 3 aromatic rings. The molecule has 0 aromatic heterocycles. The molecule has 6 heteroatoms. The number of benzene rings is 3. The van der Waals surface area contributed by atoms with Crippen LogP contribution in [0.4, 0.5) is 5.69 Å². The molecule has 1 aliphatic heterocycles. The first kappa shape index (κ1) is 20.6. The van der Waals surface area contributed by atoms with E-state index in [0.29, 0.717) is 49.8 Å². The van der Waals surface area contributed by atoms with Crippen LogP contribution in [0.1, 0.15) is 18.9 Å². The Morgan fingerprint density at radius 1 is 0.935 bits per heavy atom. The molecule has 1 amide bonds. The summed E-state index contributed by atoms with van der Waals surface area (Å²) in [6.07, 6.45) is 0.946. The van der Waals surface area contributed by atoms with Gasteiger partial charge in [0.1, 0.15) is 24.7 Å². The van der Waals surface area contributed by atoms with Crippen molar-refractivity contribution < 1.29 is 23.7 Å². The molecule has 0 radical (unpaired) electrons. The van der Waals surface area contributed by atoms with Crippen LogP contribution in [-0.2, 0) is 11.2 Å². The molecule has 160 valence electrons. The van der Waals surface area contributed by atoms with Crippen molar-refractivity contribution in [2.24, 2.45) is 0 Å². The summed E-state index contributed by atoms with van der Waals surface area (Å²) in [5.74, 6) is 3.44. The Kier molecular flexibility index (Phi) is 6.57. The van der Waals surface area contributed by atoms with Gasteiger partial charge in [-0.3, -0.25) is 4.79 Å². The molecule has 31 heavy (non-hydrogen) atoms. The molecule has 4 rings (SSSR count). The highest BCUT2D eigenvalue weighted by atomic mass is 16.6. The van der Waals surface area contributed by atoms with Crippen LogP contribution in [0.2, 0.25) is 0 Å². The fourth-order valence-electron chi connectivity index (χ4n) is 3.27.